The van der Waals surface area contributed by atoms with Gasteiger partial charge < -0.3 is 10.6 Å². The molecule has 2 atom stereocenters. The predicted octanol–water partition coefficient (Wildman–Crippen LogP) is 2.71. The zero-order valence-electron chi connectivity index (χ0n) is 14.3. The summed E-state index contributed by atoms with van der Waals surface area (Å²) in [4.78, 5) is 24.1. The number of carbonyl (C=O) groups excluding carboxylic acids is 2. The summed E-state index contributed by atoms with van der Waals surface area (Å²) >= 11 is 0. The quantitative estimate of drug-likeness (QED) is 0.810. The molecule has 0 aliphatic heterocycles. The largest absolute Gasteiger partial charge is 0.348 e. The minimum absolute atomic E-state index is 0.0417. The molecule has 2 amide bonds. The van der Waals surface area contributed by atoms with Crippen molar-refractivity contribution in [2.24, 2.45) is 0 Å². The fourth-order valence-electron chi connectivity index (χ4n) is 2.65. The molecule has 1 aromatic carbocycles. The van der Waals surface area contributed by atoms with Crippen molar-refractivity contribution in [3.05, 3.63) is 59.7 Å². The monoisotopic (exact) mass is 325 g/mol. The topological polar surface area (TPSA) is 58.2 Å². The summed E-state index contributed by atoms with van der Waals surface area (Å²) in [5.41, 5.74) is 2.40. The van der Waals surface area contributed by atoms with Crippen molar-refractivity contribution >= 4 is 11.8 Å². The van der Waals surface area contributed by atoms with Gasteiger partial charge in [0.05, 0.1) is 6.04 Å². The van der Waals surface area contributed by atoms with Crippen molar-refractivity contribution in [2.75, 3.05) is 0 Å². The maximum Gasteiger partial charge on any atom is 0.242 e. The van der Waals surface area contributed by atoms with Crippen LogP contribution in [0, 0.1) is 6.08 Å². The highest BCUT2D eigenvalue weighted by molar-refractivity contribution is 5.87. The highest BCUT2D eigenvalue weighted by Crippen LogP contribution is 2.11. The van der Waals surface area contributed by atoms with E-state index < -0.39 is 6.04 Å². The number of hydrogen-bond donors (Lipinski definition) is 2. The van der Waals surface area contributed by atoms with E-state index in [-0.39, 0.29) is 17.9 Å². The molecule has 1 aliphatic rings. The van der Waals surface area contributed by atoms with E-state index >= 15 is 0 Å². The predicted molar refractivity (Wildman–Crippen MR) is 95.1 cm³/mol. The molecular weight excluding hydrogens is 300 g/mol. The molecule has 1 radical (unpaired) electrons. The first-order valence-corrected chi connectivity index (χ1v) is 8.43. The van der Waals surface area contributed by atoms with Gasteiger partial charge in [0.2, 0.25) is 11.8 Å². The Bertz CT molecular complexity index is 620. The molecule has 0 aromatic heterocycles. The summed E-state index contributed by atoms with van der Waals surface area (Å²) in [6.07, 6.45) is 9.63. The lowest BCUT2D eigenvalue weighted by Gasteiger charge is -2.21. The van der Waals surface area contributed by atoms with Gasteiger partial charge in [-0.15, -0.1) is 0 Å². The Balaban J connectivity index is 1.68. The highest BCUT2D eigenvalue weighted by atomic mass is 16.2. The lowest BCUT2D eigenvalue weighted by atomic mass is 10.0. The number of nitrogens with one attached hydrogen (secondary N) is 2. The first kappa shape index (κ1) is 18.0. The average Bonchev–Trinajstić information content (AvgIpc) is 2.55. The van der Waals surface area contributed by atoms with E-state index in [4.69, 9.17) is 0 Å². The molecule has 0 saturated carbocycles. The Labute approximate surface area is 144 Å². The second kappa shape index (κ2) is 9.06. The summed E-state index contributed by atoms with van der Waals surface area (Å²) in [5.74, 6) is -0.250. The van der Waals surface area contributed by atoms with Gasteiger partial charge in [0.25, 0.3) is 0 Å². The first-order chi connectivity index (χ1) is 11.5. The van der Waals surface area contributed by atoms with Crippen LogP contribution in [-0.2, 0) is 16.0 Å². The lowest BCUT2D eigenvalue weighted by Crippen LogP contribution is -2.47. The summed E-state index contributed by atoms with van der Waals surface area (Å²) in [6, 6.07) is 9.51. The van der Waals surface area contributed by atoms with Crippen molar-refractivity contribution in [3.63, 3.8) is 0 Å². The van der Waals surface area contributed by atoms with Crippen LogP contribution in [0.1, 0.15) is 38.7 Å². The van der Waals surface area contributed by atoms with Crippen molar-refractivity contribution in [1.29, 1.82) is 0 Å². The van der Waals surface area contributed by atoms with E-state index in [0.29, 0.717) is 6.42 Å². The van der Waals surface area contributed by atoms with Crippen LogP contribution in [0.2, 0.25) is 0 Å². The number of benzene rings is 1. The van der Waals surface area contributed by atoms with Crippen molar-refractivity contribution in [1.82, 2.24) is 10.6 Å². The van der Waals surface area contributed by atoms with Gasteiger partial charge in [-0.2, -0.15) is 0 Å². The summed E-state index contributed by atoms with van der Waals surface area (Å²) in [7, 11) is 0. The zero-order valence-corrected chi connectivity index (χ0v) is 14.3. The van der Waals surface area contributed by atoms with E-state index in [1.165, 1.54) is 11.1 Å². The molecule has 0 saturated heterocycles. The van der Waals surface area contributed by atoms with Crippen LogP contribution < -0.4 is 10.6 Å². The van der Waals surface area contributed by atoms with Gasteiger partial charge in [0, 0.05) is 6.42 Å². The third-order valence-corrected chi connectivity index (χ3v) is 3.98. The van der Waals surface area contributed by atoms with Gasteiger partial charge in [0.1, 0.15) is 6.04 Å². The molecule has 1 aromatic rings. The van der Waals surface area contributed by atoms with Crippen LogP contribution in [0.3, 0.4) is 0 Å². The van der Waals surface area contributed by atoms with Crippen LogP contribution in [0.4, 0.5) is 0 Å². The first-order valence-electron chi connectivity index (χ1n) is 8.43. The molecule has 127 valence electrons. The molecule has 0 fully saturated rings. The summed E-state index contributed by atoms with van der Waals surface area (Å²) < 4.78 is 0. The van der Waals surface area contributed by atoms with Crippen LogP contribution >= 0.6 is 0 Å². The number of hydrogen-bond acceptors (Lipinski definition) is 2. The van der Waals surface area contributed by atoms with Gasteiger partial charge >= 0.3 is 0 Å². The normalized spacial score (nSPS) is 17.8. The van der Waals surface area contributed by atoms with E-state index in [1.54, 1.807) is 6.92 Å². The van der Waals surface area contributed by atoms with Gasteiger partial charge in [-0.25, -0.2) is 0 Å². The maximum absolute atomic E-state index is 12.2. The average molecular weight is 325 g/mol. The summed E-state index contributed by atoms with van der Waals surface area (Å²) in [6.45, 7) is 3.72. The van der Waals surface area contributed by atoms with E-state index in [2.05, 4.69) is 28.8 Å². The standard InChI is InChI=1S/C20H25N2O2/c1-15-8-6-12-18(14-15)22-20(24)16(2)21-19(23)13-7-11-17-9-4-3-5-10-17/h3-5,8-10,12,16,18H,7,11,13-14H2,1-2H3,(H,21,23)(H,22,24)/t16-,18+/m0/s1. The Kier molecular flexibility index (Phi) is 6.79. The minimum Gasteiger partial charge on any atom is -0.348 e. The van der Waals surface area contributed by atoms with Crippen LogP contribution in [0.5, 0.6) is 0 Å². The van der Waals surface area contributed by atoms with E-state index in [9.17, 15) is 9.59 Å². The van der Waals surface area contributed by atoms with Crippen molar-refractivity contribution in [3.8, 4) is 0 Å². The van der Waals surface area contributed by atoms with Gasteiger partial charge in [-0.3, -0.25) is 9.59 Å². The Morgan fingerprint density at radius 1 is 1.29 bits per heavy atom. The van der Waals surface area contributed by atoms with Gasteiger partial charge in [-0.1, -0.05) is 48.1 Å². The SMILES string of the molecule is CC1=C[C]=C[C@@H](NC(=O)[C@H](C)NC(=O)CCCc2ccccc2)C1. The fourth-order valence-corrected chi connectivity index (χ4v) is 2.65. The summed E-state index contributed by atoms with van der Waals surface area (Å²) in [5, 5.41) is 5.69. The van der Waals surface area contributed by atoms with Crippen molar-refractivity contribution in [2.45, 2.75) is 51.6 Å². The molecule has 0 spiro atoms. The molecule has 4 heteroatoms. The number of carbonyl (C=O) groups is 2. The second-order valence-electron chi connectivity index (χ2n) is 6.27. The van der Waals surface area contributed by atoms with Gasteiger partial charge in [-0.05, 0) is 44.7 Å². The maximum atomic E-state index is 12.2. The lowest BCUT2D eigenvalue weighted by molar-refractivity contribution is -0.128. The van der Waals surface area contributed by atoms with Crippen LogP contribution in [0.15, 0.2) is 48.1 Å². The molecular formula is C20H25N2O2. The molecule has 0 unspecified atom stereocenters. The Morgan fingerprint density at radius 3 is 2.75 bits per heavy atom. The van der Waals surface area contributed by atoms with E-state index in [1.807, 2.05) is 37.3 Å². The molecule has 1 aliphatic carbocycles. The number of aryl methyl sites for hydroxylation is 1. The number of allylic oxidation sites excluding steroid dienone is 2. The molecule has 2 rings (SSSR count). The van der Waals surface area contributed by atoms with Crippen molar-refractivity contribution < 1.29 is 9.59 Å². The molecule has 24 heavy (non-hydrogen) atoms. The molecule has 4 nitrogen and oxygen atoms in total. The Hall–Kier alpha value is -2.36. The van der Waals surface area contributed by atoms with E-state index in [0.717, 1.165) is 19.3 Å². The molecule has 2 N–H and O–H groups in total. The third kappa shape index (κ3) is 6.03. The molecule has 0 heterocycles. The third-order valence-electron chi connectivity index (χ3n) is 3.98. The highest BCUT2D eigenvalue weighted by Gasteiger charge is 2.19. The minimum atomic E-state index is -0.533. The number of rotatable bonds is 7. The number of amides is 2. The second-order valence-corrected chi connectivity index (χ2v) is 6.27. The zero-order chi connectivity index (χ0) is 17.4. The van der Waals surface area contributed by atoms with Crippen LogP contribution in [-0.4, -0.2) is 23.9 Å². The fraction of sp³-hybridized carbons (Fsp3) is 0.400. The molecule has 0 bridgehead atoms. The Morgan fingerprint density at radius 2 is 2.04 bits per heavy atom. The van der Waals surface area contributed by atoms with Gasteiger partial charge in [0.15, 0.2) is 0 Å². The smallest absolute Gasteiger partial charge is 0.242 e. The van der Waals surface area contributed by atoms with Crippen LogP contribution in [0.25, 0.3) is 0 Å².